The Hall–Kier alpha value is -2.71. The molecule has 0 fully saturated rings. The Labute approximate surface area is 126 Å². The summed E-state index contributed by atoms with van der Waals surface area (Å²) < 4.78 is 13.3. The van der Waals surface area contributed by atoms with Gasteiger partial charge in [0, 0.05) is 18.7 Å². The highest BCUT2D eigenvalue weighted by Crippen LogP contribution is 1.87. The van der Waals surface area contributed by atoms with Gasteiger partial charge in [0.2, 0.25) is 0 Å². The van der Waals surface area contributed by atoms with Gasteiger partial charge >= 0.3 is 17.9 Å². The number of rotatable bonds is 9. The van der Waals surface area contributed by atoms with Crippen LogP contribution in [0.1, 0.15) is 13.3 Å². The number of carbonyl (C=O) groups is 5. The molecule has 0 aromatic carbocycles. The lowest BCUT2D eigenvalue weighted by molar-refractivity contribution is -0.147. The van der Waals surface area contributed by atoms with Crippen molar-refractivity contribution in [1.29, 1.82) is 0 Å². The lowest BCUT2D eigenvalue weighted by Crippen LogP contribution is -2.35. The van der Waals surface area contributed by atoms with Crippen LogP contribution in [-0.4, -0.2) is 56.5 Å². The number of methoxy groups -OCH3 is 1. The Morgan fingerprint density at radius 3 is 2.23 bits per heavy atom. The summed E-state index contributed by atoms with van der Waals surface area (Å²) in [5.41, 5.74) is 0. The molecule has 0 spiro atoms. The van der Waals surface area contributed by atoms with Crippen LogP contribution in [0.3, 0.4) is 0 Å². The smallest absolute Gasteiger partial charge is 0.331 e. The number of Topliss-reactive ketones (excluding diaryl/α,β-unsaturated/α-hetero) is 1. The number of amides is 1. The van der Waals surface area contributed by atoms with E-state index in [-0.39, 0.29) is 19.6 Å². The van der Waals surface area contributed by atoms with E-state index < -0.39 is 36.2 Å². The lowest BCUT2D eigenvalue weighted by Gasteiger charge is -2.04. The number of carbonyl (C=O) groups excluding carboxylic acids is 5. The van der Waals surface area contributed by atoms with Crippen LogP contribution in [0.5, 0.6) is 0 Å². The Morgan fingerprint density at radius 1 is 1.00 bits per heavy atom. The van der Waals surface area contributed by atoms with E-state index in [4.69, 9.17) is 0 Å². The standard InChI is InChI=1S/C13H17NO8/c1-3-21-12(18)6-7-14-13(19)9(15)8-22-11(17)5-4-10(16)20-2/h4-5H,3,6-8H2,1-2H3,(H,14,19)/b5-4+. The molecule has 9 nitrogen and oxygen atoms in total. The van der Waals surface area contributed by atoms with Gasteiger partial charge < -0.3 is 19.5 Å². The van der Waals surface area contributed by atoms with Crippen molar-refractivity contribution in [3.05, 3.63) is 12.2 Å². The second-order valence-corrected chi connectivity index (χ2v) is 3.70. The number of esters is 3. The van der Waals surface area contributed by atoms with E-state index in [1.165, 1.54) is 0 Å². The molecule has 0 heterocycles. The van der Waals surface area contributed by atoms with Crippen molar-refractivity contribution in [3.8, 4) is 0 Å². The molecule has 0 aromatic rings. The molecule has 0 bridgehead atoms. The molecule has 0 atom stereocenters. The van der Waals surface area contributed by atoms with E-state index in [0.29, 0.717) is 0 Å². The van der Waals surface area contributed by atoms with Crippen LogP contribution in [0, 0.1) is 0 Å². The third-order valence-corrected chi connectivity index (χ3v) is 2.08. The minimum Gasteiger partial charge on any atom is -0.466 e. The van der Waals surface area contributed by atoms with E-state index in [9.17, 15) is 24.0 Å². The highest BCUT2D eigenvalue weighted by Gasteiger charge is 2.15. The van der Waals surface area contributed by atoms with Gasteiger partial charge in [-0.25, -0.2) is 9.59 Å². The molecule has 0 aromatic heterocycles. The second-order valence-electron chi connectivity index (χ2n) is 3.70. The van der Waals surface area contributed by atoms with E-state index in [1.807, 2.05) is 0 Å². The topological polar surface area (TPSA) is 125 Å². The first-order valence-electron chi connectivity index (χ1n) is 6.30. The molecular weight excluding hydrogens is 298 g/mol. The van der Waals surface area contributed by atoms with Crippen LogP contribution >= 0.6 is 0 Å². The maximum atomic E-state index is 11.3. The zero-order valence-electron chi connectivity index (χ0n) is 12.2. The maximum Gasteiger partial charge on any atom is 0.331 e. The van der Waals surface area contributed by atoms with Gasteiger partial charge in [0.15, 0.2) is 6.61 Å². The zero-order valence-corrected chi connectivity index (χ0v) is 12.2. The zero-order chi connectivity index (χ0) is 17.0. The van der Waals surface area contributed by atoms with Crippen molar-refractivity contribution in [2.45, 2.75) is 13.3 Å². The van der Waals surface area contributed by atoms with Crippen LogP contribution in [-0.2, 0) is 38.2 Å². The van der Waals surface area contributed by atoms with Gasteiger partial charge in [-0.3, -0.25) is 14.4 Å². The molecule has 0 aliphatic carbocycles. The molecule has 1 amide bonds. The maximum absolute atomic E-state index is 11.3. The van der Waals surface area contributed by atoms with Crippen molar-refractivity contribution in [3.63, 3.8) is 0 Å². The summed E-state index contributed by atoms with van der Waals surface area (Å²) in [6.45, 7) is 1.01. The fourth-order valence-corrected chi connectivity index (χ4v) is 1.06. The van der Waals surface area contributed by atoms with Gasteiger partial charge in [0.1, 0.15) is 0 Å². The van der Waals surface area contributed by atoms with Crippen molar-refractivity contribution < 1.29 is 38.2 Å². The Balaban J connectivity index is 3.98. The Bertz CT molecular complexity index is 469. The summed E-state index contributed by atoms with van der Waals surface area (Å²) in [7, 11) is 1.13. The highest BCUT2D eigenvalue weighted by molar-refractivity contribution is 6.36. The summed E-state index contributed by atoms with van der Waals surface area (Å²) in [4.78, 5) is 55.4. The fraction of sp³-hybridized carbons (Fsp3) is 0.462. The predicted molar refractivity (Wildman–Crippen MR) is 71.4 cm³/mol. The summed E-state index contributed by atoms with van der Waals surface area (Å²) in [5.74, 6) is -4.23. The minimum atomic E-state index is -0.997. The normalized spacial score (nSPS) is 9.91. The lowest BCUT2D eigenvalue weighted by atomic mass is 10.3. The third-order valence-electron chi connectivity index (χ3n) is 2.08. The molecule has 9 heteroatoms. The van der Waals surface area contributed by atoms with Crippen LogP contribution in [0.2, 0.25) is 0 Å². The fourth-order valence-electron chi connectivity index (χ4n) is 1.06. The van der Waals surface area contributed by atoms with E-state index in [1.54, 1.807) is 6.92 Å². The first-order chi connectivity index (χ1) is 10.4. The van der Waals surface area contributed by atoms with Crippen LogP contribution < -0.4 is 5.32 Å². The van der Waals surface area contributed by atoms with E-state index >= 15 is 0 Å². The summed E-state index contributed by atoms with van der Waals surface area (Å²) in [5, 5.41) is 2.18. The SMILES string of the molecule is CCOC(=O)CCNC(=O)C(=O)COC(=O)/C=C/C(=O)OC. The monoisotopic (exact) mass is 315 g/mol. The number of hydrogen-bond donors (Lipinski definition) is 1. The molecule has 0 radical (unpaired) electrons. The van der Waals surface area contributed by atoms with Gasteiger partial charge in [-0.1, -0.05) is 0 Å². The Kier molecular flexibility index (Phi) is 9.65. The molecule has 0 saturated carbocycles. The van der Waals surface area contributed by atoms with Crippen molar-refractivity contribution >= 4 is 29.6 Å². The molecule has 0 aliphatic heterocycles. The van der Waals surface area contributed by atoms with Crippen LogP contribution in [0.4, 0.5) is 0 Å². The quantitative estimate of drug-likeness (QED) is 0.246. The molecular formula is C13H17NO8. The molecule has 0 saturated heterocycles. The van der Waals surface area contributed by atoms with Gasteiger partial charge in [-0.15, -0.1) is 0 Å². The highest BCUT2D eigenvalue weighted by atomic mass is 16.5. The first-order valence-corrected chi connectivity index (χ1v) is 6.30. The molecule has 0 unspecified atom stereocenters. The predicted octanol–water partition coefficient (Wildman–Crippen LogP) is -1.10. The molecule has 122 valence electrons. The van der Waals surface area contributed by atoms with Gasteiger partial charge in [0.25, 0.3) is 11.7 Å². The van der Waals surface area contributed by atoms with E-state index in [2.05, 4.69) is 19.5 Å². The average molecular weight is 315 g/mol. The van der Waals surface area contributed by atoms with Crippen molar-refractivity contribution in [1.82, 2.24) is 5.32 Å². The average Bonchev–Trinajstić information content (AvgIpc) is 2.50. The number of ether oxygens (including phenoxy) is 3. The van der Waals surface area contributed by atoms with Crippen molar-refractivity contribution in [2.24, 2.45) is 0 Å². The summed E-state index contributed by atoms with van der Waals surface area (Å²) >= 11 is 0. The Morgan fingerprint density at radius 2 is 1.64 bits per heavy atom. The number of nitrogens with one attached hydrogen (secondary N) is 1. The van der Waals surface area contributed by atoms with E-state index in [0.717, 1.165) is 19.3 Å². The number of ketones is 1. The third kappa shape index (κ3) is 9.23. The molecule has 0 aliphatic rings. The second kappa shape index (κ2) is 11.0. The minimum absolute atomic E-state index is 0.0698. The summed E-state index contributed by atoms with van der Waals surface area (Å²) in [6, 6.07) is 0. The van der Waals surface area contributed by atoms with Gasteiger partial charge in [-0.05, 0) is 6.92 Å². The first kappa shape index (κ1) is 19.3. The van der Waals surface area contributed by atoms with Crippen molar-refractivity contribution in [2.75, 3.05) is 26.9 Å². The molecule has 0 rings (SSSR count). The van der Waals surface area contributed by atoms with Gasteiger partial charge in [-0.2, -0.15) is 0 Å². The van der Waals surface area contributed by atoms with Gasteiger partial charge in [0.05, 0.1) is 20.1 Å². The molecule has 22 heavy (non-hydrogen) atoms. The largest absolute Gasteiger partial charge is 0.466 e. The summed E-state index contributed by atoms with van der Waals surface area (Å²) in [6.07, 6.45) is 1.50. The number of hydrogen-bond acceptors (Lipinski definition) is 8. The van der Waals surface area contributed by atoms with Crippen LogP contribution in [0.25, 0.3) is 0 Å². The molecule has 1 N–H and O–H groups in total. The van der Waals surface area contributed by atoms with Crippen LogP contribution in [0.15, 0.2) is 12.2 Å².